The number of aliphatic carboxylic acids is 1. The molecule has 3 aromatic carbocycles. The molecule has 0 aliphatic heterocycles. The third-order valence-corrected chi connectivity index (χ3v) is 5.81. The zero-order valence-corrected chi connectivity index (χ0v) is 19.2. The lowest BCUT2D eigenvalue weighted by Crippen LogP contribution is -2.18. The van der Waals surface area contributed by atoms with E-state index in [9.17, 15) is 4.79 Å². The highest BCUT2D eigenvalue weighted by Crippen LogP contribution is 2.32. The molecule has 0 aromatic heterocycles. The van der Waals surface area contributed by atoms with E-state index in [1.165, 1.54) is 11.1 Å². The minimum Gasteiger partial charge on any atom is -0.482 e. The summed E-state index contributed by atoms with van der Waals surface area (Å²) in [6.07, 6.45) is 6.52. The van der Waals surface area contributed by atoms with Crippen molar-refractivity contribution < 1.29 is 19.5 Å². The van der Waals surface area contributed by atoms with Crippen molar-refractivity contribution in [3.8, 4) is 5.75 Å². The van der Waals surface area contributed by atoms with Crippen LogP contribution in [0.1, 0.15) is 41.7 Å². The smallest absolute Gasteiger partial charge is 0.341 e. The Morgan fingerprint density at radius 1 is 0.971 bits per heavy atom. The molecule has 1 aliphatic carbocycles. The van der Waals surface area contributed by atoms with Gasteiger partial charge in [-0.2, -0.15) is 0 Å². The molecule has 5 nitrogen and oxygen atoms in total. The van der Waals surface area contributed by atoms with Crippen LogP contribution >= 0.6 is 0 Å². The highest BCUT2D eigenvalue weighted by Gasteiger charge is 2.18. The molecule has 0 bridgehead atoms. The normalized spacial score (nSPS) is 14.6. The molecule has 0 radical (unpaired) electrons. The molecule has 5 heteroatoms. The average Bonchev–Trinajstić information content (AvgIpc) is 2.87. The van der Waals surface area contributed by atoms with Gasteiger partial charge in [0.2, 0.25) is 0 Å². The number of hydrogen-bond donors (Lipinski definition) is 2. The van der Waals surface area contributed by atoms with Crippen molar-refractivity contribution in [2.45, 2.75) is 32.3 Å². The summed E-state index contributed by atoms with van der Waals surface area (Å²) in [5, 5.41) is 8.89. The molecule has 4 rings (SSSR count). The molecule has 3 aromatic rings. The highest BCUT2D eigenvalue weighted by molar-refractivity contribution is 5.68. The summed E-state index contributed by atoms with van der Waals surface area (Å²) in [5.41, 5.74) is 9.79. The first-order valence-electron chi connectivity index (χ1n) is 11.4. The van der Waals surface area contributed by atoms with E-state index in [2.05, 4.69) is 41.9 Å². The number of nitrogens with one attached hydrogen (secondary N) is 1. The summed E-state index contributed by atoms with van der Waals surface area (Å²) in [5.74, 6) is -0.292. The molecular weight excluding hydrogens is 426 g/mol. The SMILES string of the molecule is CC(=CC=C1CCc2c(cccc2OCC(=O)O)C1)NOC(c1ccccc1)c1ccccc1. The van der Waals surface area contributed by atoms with Gasteiger partial charge in [-0.15, -0.1) is 0 Å². The predicted molar refractivity (Wildman–Crippen MR) is 132 cm³/mol. The van der Waals surface area contributed by atoms with Crippen LogP contribution in [0.5, 0.6) is 5.75 Å². The van der Waals surface area contributed by atoms with Crippen molar-refractivity contribution in [3.63, 3.8) is 0 Å². The van der Waals surface area contributed by atoms with Crippen molar-refractivity contribution in [2.75, 3.05) is 6.61 Å². The van der Waals surface area contributed by atoms with Gasteiger partial charge in [0.25, 0.3) is 0 Å². The molecule has 0 fully saturated rings. The van der Waals surface area contributed by atoms with Crippen LogP contribution in [0.25, 0.3) is 0 Å². The number of carboxylic acid groups (broad SMARTS) is 1. The number of hydroxylamine groups is 1. The number of hydrogen-bond acceptors (Lipinski definition) is 4. The molecule has 0 saturated carbocycles. The molecular formula is C29H29NO4. The molecule has 174 valence electrons. The average molecular weight is 456 g/mol. The van der Waals surface area contributed by atoms with E-state index in [4.69, 9.17) is 14.7 Å². The Labute approximate surface area is 200 Å². The molecule has 2 N–H and O–H groups in total. The quantitative estimate of drug-likeness (QED) is 0.400. The Hall–Kier alpha value is -3.83. The zero-order chi connectivity index (χ0) is 23.8. The Balaban J connectivity index is 1.41. The lowest BCUT2D eigenvalue weighted by atomic mass is 9.87. The van der Waals surface area contributed by atoms with E-state index in [-0.39, 0.29) is 12.7 Å². The first kappa shape index (κ1) is 23.3. The van der Waals surface area contributed by atoms with Gasteiger partial charge in [0.1, 0.15) is 11.9 Å². The van der Waals surface area contributed by atoms with Crippen molar-refractivity contribution in [1.82, 2.24) is 5.48 Å². The Morgan fingerprint density at radius 2 is 1.65 bits per heavy atom. The largest absolute Gasteiger partial charge is 0.482 e. The number of allylic oxidation sites excluding steroid dienone is 4. The summed E-state index contributed by atoms with van der Waals surface area (Å²) in [6.45, 7) is 1.67. The van der Waals surface area contributed by atoms with Crippen molar-refractivity contribution in [2.24, 2.45) is 0 Å². The number of rotatable bonds is 9. The van der Waals surface area contributed by atoms with Crippen LogP contribution in [-0.4, -0.2) is 17.7 Å². The van der Waals surface area contributed by atoms with E-state index >= 15 is 0 Å². The van der Waals surface area contributed by atoms with E-state index in [0.717, 1.165) is 41.6 Å². The van der Waals surface area contributed by atoms with Crippen molar-refractivity contribution in [3.05, 3.63) is 125 Å². The van der Waals surface area contributed by atoms with E-state index in [0.29, 0.717) is 5.75 Å². The summed E-state index contributed by atoms with van der Waals surface area (Å²) in [6, 6.07) is 26.2. The van der Waals surface area contributed by atoms with Crippen LogP contribution in [0.3, 0.4) is 0 Å². The number of carboxylic acids is 1. The minimum atomic E-state index is -0.967. The van der Waals surface area contributed by atoms with Gasteiger partial charge in [-0.1, -0.05) is 84.4 Å². The second kappa shape index (κ2) is 11.3. The maximum Gasteiger partial charge on any atom is 0.341 e. The fourth-order valence-corrected chi connectivity index (χ4v) is 4.11. The van der Waals surface area contributed by atoms with Crippen LogP contribution in [-0.2, 0) is 22.5 Å². The Kier molecular flexibility index (Phi) is 7.79. The standard InChI is InChI=1S/C29H29NO4/c1-21(30-34-29(23-9-4-2-5-10-23)24-11-6-3-7-12-24)15-16-22-17-18-26-25(19-22)13-8-14-27(26)33-20-28(31)32/h2-16,29-30H,17-20H2,1H3,(H,31,32). The van der Waals surface area contributed by atoms with Gasteiger partial charge in [-0.25, -0.2) is 4.79 Å². The summed E-state index contributed by atoms with van der Waals surface area (Å²) < 4.78 is 5.47. The van der Waals surface area contributed by atoms with E-state index in [1.54, 1.807) is 0 Å². The summed E-state index contributed by atoms with van der Waals surface area (Å²) in [7, 11) is 0. The van der Waals surface area contributed by atoms with Gasteiger partial charge in [-0.05, 0) is 60.6 Å². The number of ether oxygens (including phenoxy) is 1. The molecule has 0 spiro atoms. The van der Waals surface area contributed by atoms with E-state index in [1.807, 2.05) is 61.5 Å². The lowest BCUT2D eigenvalue weighted by molar-refractivity contribution is -0.139. The van der Waals surface area contributed by atoms with Gasteiger partial charge in [0, 0.05) is 5.70 Å². The van der Waals surface area contributed by atoms with Crippen LogP contribution in [0.4, 0.5) is 0 Å². The van der Waals surface area contributed by atoms with Gasteiger partial charge in [0.05, 0.1) is 0 Å². The highest BCUT2D eigenvalue weighted by atomic mass is 16.7. The number of benzene rings is 3. The van der Waals surface area contributed by atoms with Crippen LogP contribution in [0.2, 0.25) is 0 Å². The maximum atomic E-state index is 10.8. The van der Waals surface area contributed by atoms with Gasteiger partial charge < -0.3 is 9.84 Å². The molecule has 1 aliphatic rings. The number of fused-ring (bicyclic) bond motifs is 1. The minimum absolute atomic E-state index is 0.218. The second-order valence-electron chi connectivity index (χ2n) is 8.35. The summed E-state index contributed by atoms with van der Waals surface area (Å²) in [4.78, 5) is 17.0. The first-order chi connectivity index (χ1) is 16.6. The monoisotopic (exact) mass is 455 g/mol. The third kappa shape index (κ3) is 6.15. The number of carbonyl (C=O) groups is 1. The van der Waals surface area contributed by atoms with Crippen LogP contribution in [0, 0.1) is 0 Å². The maximum absolute atomic E-state index is 10.8. The molecule has 0 saturated heterocycles. The molecule has 0 unspecified atom stereocenters. The molecule has 0 atom stereocenters. The van der Waals surface area contributed by atoms with Crippen molar-refractivity contribution in [1.29, 1.82) is 0 Å². The Bertz CT molecular complexity index is 1130. The van der Waals surface area contributed by atoms with Crippen LogP contribution in [0.15, 0.2) is 102 Å². The van der Waals surface area contributed by atoms with Crippen molar-refractivity contribution >= 4 is 5.97 Å². The lowest BCUT2D eigenvalue weighted by Gasteiger charge is -2.21. The van der Waals surface area contributed by atoms with Gasteiger partial charge in [-0.3, -0.25) is 10.3 Å². The predicted octanol–water partition coefficient (Wildman–Crippen LogP) is 5.78. The zero-order valence-electron chi connectivity index (χ0n) is 19.2. The van der Waals surface area contributed by atoms with E-state index < -0.39 is 5.97 Å². The molecule has 34 heavy (non-hydrogen) atoms. The fraction of sp³-hybridized carbons (Fsp3) is 0.207. The topological polar surface area (TPSA) is 67.8 Å². The molecule has 0 heterocycles. The van der Waals surface area contributed by atoms with Gasteiger partial charge >= 0.3 is 5.97 Å². The van der Waals surface area contributed by atoms with Crippen LogP contribution < -0.4 is 10.2 Å². The second-order valence-corrected chi connectivity index (χ2v) is 8.35. The van der Waals surface area contributed by atoms with Gasteiger partial charge in [0.15, 0.2) is 6.61 Å². The fourth-order valence-electron chi connectivity index (χ4n) is 4.11. The third-order valence-electron chi connectivity index (χ3n) is 5.81. The summed E-state index contributed by atoms with van der Waals surface area (Å²) >= 11 is 0. The molecule has 0 amide bonds. The first-order valence-corrected chi connectivity index (χ1v) is 11.4. The Morgan fingerprint density at radius 3 is 2.29 bits per heavy atom.